The second-order valence-electron chi connectivity index (χ2n) is 11.3. The van der Waals surface area contributed by atoms with Gasteiger partial charge in [0.2, 0.25) is 11.8 Å². The van der Waals surface area contributed by atoms with Crippen LogP contribution in [-0.2, 0) is 39.0 Å². The van der Waals surface area contributed by atoms with E-state index in [1.165, 1.54) is 12.1 Å². The van der Waals surface area contributed by atoms with Gasteiger partial charge in [0.05, 0.1) is 10.6 Å². The van der Waals surface area contributed by atoms with E-state index in [1.807, 2.05) is 94.4 Å². The number of sulfonamides is 1. The Bertz CT molecular complexity index is 1660. The number of hydrogen-bond acceptors (Lipinski definition) is 4. The molecule has 236 valence electrons. The first-order valence-electron chi connectivity index (χ1n) is 15.5. The topological polar surface area (TPSA) is 86.8 Å². The molecule has 0 aliphatic rings. The van der Waals surface area contributed by atoms with Crippen molar-refractivity contribution in [3.8, 4) is 0 Å². The predicted molar refractivity (Wildman–Crippen MR) is 180 cm³/mol. The molecular formula is C37H43N3O4S. The van der Waals surface area contributed by atoms with Gasteiger partial charge in [-0.25, -0.2) is 8.42 Å². The number of nitrogens with one attached hydrogen (secondary N) is 1. The van der Waals surface area contributed by atoms with Crippen LogP contribution in [0.15, 0.2) is 114 Å². The molecule has 0 bridgehead atoms. The zero-order valence-corrected chi connectivity index (χ0v) is 27.3. The average Bonchev–Trinajstić information content (AvgIpc) is 3.06. The smallest absolute Gasteiger partial charge is 0.264 e. The molecule has 0 unspecified atom stereocenters. The van der Waals surface area contributed by atoms with Crippen LogP contribution in [-0.4, -0.2) is 43.8 Å². The lowest BCUT2D eigenvalue weighted by Crippen LogP contribution is -2.54. The summed E-state index contributed by atoms with van der Waals surface area (Å²) in [5.74, 6) is -0.752. The fraction of sp³-hybridized carbons (Fsp3) is 0.297. The van der Waals surface area contributed by atoms with Gasteiger partial charge in [-0.2, -0.15) is 0 Å². The summed E-state index contributed by atoms with van der Waals surface area (Å²) in [6.45, 7) is 7.58. The summed E-state index contributed by atoms with van der Waals surface area (Å²) in [6, 6.07) is 31.6. The molecule has 1 N–H and O–H groups in total. The molecule has 2 atom stereocenters. The number of nitrogens with zero attached hydrogens (tertiary/aromatic N) is 2. The lowest BCUT2D eigenvalue weighted by atomic mass is 10.0. The van der Waals surface area contributed by atoms with Crippen molar-refractivity contribution in [1.29, 1.82) is 0 Å². The summed E-state index contributed by atoms with van der Waals surface area (Å²) in [4.78, 5) is 30.1. The van der Waals surface area contributed by atoms with E-state index >= 15 is 0 Å². The fourth-order valence-corrected chi connectivity index (χ4v) is 6.55. The van der Waals surface area contributed by atoms with Crippen LogP contribution < -0.4 is 9.62 Å². The van der Waals surface area contributed by atoms with Crippen LogP contribution in [0.5, 0.6) is 0 Å². The Kier molecular flexibility index (Phi) is 11.5. The number of rotatable bonds is 14. The van der Waals surface area contributed by atoms with Crippen LogP contribution in [0.3, 0.4) is 0 Å². The largest absolute Gasteiger partial charge is 0.352 e. The van der Waals surface area contributed by atoms with Crippen LogP contribution >= 0.6 is 0 Å². The Morgan fingerprint density at radius 2 is 1.38 bits per heavy atom. The van der Waals surface area contributed by atoms with Gasteiger partial charge in [-0.05, 0) is 73.2 Å². The summed E-state index contributed by atoms with van der Waals surface area (Å²) in [5.41, 5.74) is 4.18. The van der Waals surface area contributed by atoms with Crippen molar-refractivity contribution in [3.05, 3.63) is 131 Å². The number of anilines is 1. The quantitative estimate of drug-likeness (QED) is 0.178. The zero-order valence-electron chi connectivity index (χ0n) is 26.5. The second kappa shape index (κ2) is 15.5. The van der Waals surface area contributed by atoms with E-state index in [1.54, 1.807) is 35.2 Å². The minimum Gasteiger partial charge on any atom is -0.352 e. The molecule has 7 nitrogen and oxygen atoms in total. The van der Waals surface area contributed by atoms with E-state index < -0.39 is 28.5 Å². The maximum absolute atomic E-state index is 14.6. The van der Waals surface area contributed by atoms with E-state index in [4.69, 9.17) is 0 Å². The zero-order chi connectivity index (χ0) is 32.4. The van der Waals surface area contributed by atoms with Gasteiger partial charge >= 0.3 is 0 Å². The third-order valence-electron chi connectivity index (χ3n) is 8.12. The number of hydrogen-bond donors (Lipinski definition) is 1. The molecule has 0 spiro atoms. The summed E-state index contributed by atoms with van der Waals surface area (Å²) in [7, 11) is -4.13. The lowest BCUT2D eigenvalue weighted by molar-refractivity contribution is -0.140. The third-order valence-corrected chi connectivity index (χ3v) is 9.90. The van der Waals surface area contributed by atoms with Gasteiger partial charge < -0.3 is 10.2 Å². The summed E-state index contributed by atoms with van der Waals surface area (Å²) >= 11 is 0. The van der Waals surface area contributed by atoms with Crippen LogP contribution in [0.1, 0.15) is 49.4 Å². The van der Waals surface area contributed by atoms with Crippen molar-refractivity contribution < 1.29 is 18.0 Å². The Balaban J connectivity index is 1.81. The van der Waals surface area contributed by atoms with Gasteiger partial charge in [-0.3, -0.25) is 13.9 Å². The molecule has 0 saturated carbocycles. The second-order valence-corrected chi connectivity index (χ2v) is 13.2. The minimum absolute atomic E-state index is 0.0816. The maximum atomic E-state index is 14.6. The van der Waals surface area contributed by atoms with Crippen molar-refractivity contribution in [1.82, 2.24) is 10.2 Å². The van der Waals surface area contributed by atoms with E-state index in [9.17, 15) is 18.0 Å². The molecule has 0 aliphatic carbocycles. The van der Waals surface area contributed by atoms with E-state index in [0.29, 0.717) is 5.69 Å². The molecule has 45 heavy (non-hydrogen) atoms. The molecule has 4 rings (SSSR count). The Labute approximate surface area is 268 Å². The van der Waals surface area contributed by atoms with Crippen molar-refractivity contribution in [2.24, 2.45) is 0 Å². The standard InChI is InChI=1S/C37H43N3O4S/c1-5-29(4)38-37(42)35(25-31-16-9-7-10-17-31)39(26-32-18-14-13-15-28(32)3)36(41)27-40(33-23-21-30(6-2)22-24-33)45(43,44)34-19-11-8-12-20-34/h7-24,29,35H,5-6,25-27H2,1-4H3,(H,38,42)/t29-,35-/m1/s1. The van der Waals surface area contributed by atoms with Gasteiger partial charge in [0, 0.05) is 19.0 Å². The molecule has 2 amide bonds. The number of carbonyl (C=O) groups excluding carboxylic acids is 2. The third kappa shape index (κ3) is 8.60. The predicted octanol–water partition coefficient (Wildman–Crippen LogP) is 6.31. The van der Waals surface area contributed by atoms with Crippen LogP contribution in [0.2, 0.25) is 0 Å². The average molecular weight is 626 g/mol. The lowest BCUT2D eigenvalue weighted by Gasteiger charge is -2.34. The Morgan fingerprint density at radius 3 is 1.98 bits per heavy atom. The highest BCUT2D eigenvalue weighted by Gasteiger charge is 2.35. The van der Waals surface area contributed by atoms with Crippen LogP contribution in [0, 0.1) is 6.92 Å². The van der Waals surface area contributed by atoms with E-state index in [-0.39, 0.29) is 29.8 Å². The summed E-state index contributed by atoms with van der Waals surface area (Å²) in [5, 5.41) is 3.07. The number of benzene rings is 4. The molecule has 0 heterocycles. The van der Waals surface area contributed by atoms with Crippen molar-refractivity contribution in [3.63, 3.8) is 0 Å². The van der Waals surface area contributed by atoms with Crippen molar-refractivity contribution in [2.75, 3.05) is 10.8 Å². The molecule has 0 aliphatic heterocycles. The van der Waals surface area contributed by atoms with Gasteiger partial charge in [0.1, 0.15) is 12.6 Å². The fourth-order valence-electron chi connectivity index (χ4n) is 5.11. The molecule has 0 radical (unpaired) electrons. The SMILES string of the molecule is CCc1ccc(N(CC(=O)N(Cc2ccccc2C)[C@H](Cc2ccccc2)C(=O)N[C@H](C)CC)S(=O)(=O)c2ccccc2)cc1. The number of amides is 2. The van der Waals surface area contributed by atoms with Gasteiger partial charge in [-0.15, -0.1) is 0 Å². The monoisotopic (exact) mass is 625 g/mol. The van der Waals surface area contributed by atoms with Crippen LogP contribution in [0.25, 0.3) is 0 Å². The molecule has 4 aromatic rings. The first-order valence-corrected chi connectivity index (χ1v) is 16.9. The highest BCUT2D eigenvalue weighted by atomic mass is 32.2. The molecule has 0 aromatic heterocycles. The van der Waals surface area contributed by atoms with E-state index in [2.05, 4.69) is 5.32 Å². The highest BCUT2D eigenvalue weighted by molar-refractivity contribution is 7.92. The molecule has 8 heteroatoms. The molecular weight excluding hydrogens is 582 g/mol. The maximum Gasteiger partial charge on any atom is 0.264 e. The molecule has 0 saturated heterocycles. The molecule has 4 aromatic carbocycles. The highest BCUT2D eigenvalue weighted by Crippen LogP contribution is 2.26. The van der Waals surface area contributed by atoms with Crippen molar-refractivity contribution in [2.45, 2.75) is 70.5 Å². The van der Waals surface area contributed by atoms with E-state index in [0.717, 1.165) is 39.4 Å². The number of aryl methyl sites for hydroxylation is 2. The molecule has 0 fully saturated rings. The number of carbonyl (C=O) groups is 2. The van der Waals surface area contributed by atoms with Gasteiger partial charge in [0.15, 0.2) is 0 Å². The van der Waals surface area contributed by atoms with Crippen LogP contribution in [0.4, 0.5) is 5.69 Å². The van der Waals surface area contributed by atoms with Gasteiger partial charge in [-0.1, -0.05) is 98.8 Å². The minimum atomic E-state index is -4.13. The Morgan fingerprint density at radius 1 is 0.778 bits per heavy atom. The first-order chi connectivity index (χ1) is 21.6. The summed E-state index contributed by atoms with van der Waals surface area (Å²) < 4.78 is 29.4. The van der Waals surface area contributed by atoms with Gasteiger partial charge in [0.25, 0.3) is 10.0 Å². The first kappa shape index (κ1) is 33.5. The normalized spacial score (nSPS) is 12.6. The summed E-state index contributed by atoms with van der Waals surface area (Å²) in [6.07, 6.45) is 1.80. The van der Waals surface area contributed by atoms with Crippen molar-refractivity contribution >= 4 is 27.5 Å². The Hall–Kier alpha value is -4.43.